The third-order valence-corrected chi connectivity index (χ3v) is 4.40. The average molecular weight is 452 g/mol. The first-order valence-electron chi connectivity index (χ1n) is 8.36. The van der Waals surface area contributed by atoms with Gasteiger partial charge in [-0.1, -0.05) is 57.5 Å². The van der Waals surface area contributed by atoms with E-state index in [0.29, 0.717) is 5.56 Å². The number of benzene rings is 2. The summed E-state index contributed by atoms with van der Waals surface area (Å²) in [5, 5.41) is 3.38. The van der Waals surface area contributed by atoms with Crippen LogP contribution in [0.25, 0.3) is 0 Å². The number of carbonyl (C=O) groups is 2. The minimum Gasteiger partial charge on any atom is -0.461 e. The normalized spacial score (nSPS) is 14.1. The number of esters is 2. The third-order valence-electron chi connectivity index (χ3n) is 3.61. The van der Waals surface area contributed by atoms with Crippen molar-refractivity contribution in [2.45, 2.75) is 17.1 Å². The SMILES string of the molecule is CON=C[C@@H](F)[C@H](OC(=O)c1ccccc1)[C@H](Br)COC(=O)c1ccccc1. The van der Waals surface area contributed by atoms with Gasteiger partial charge in [0.25, 0.3) is 0 Å². The van der Waals surface area contributed by atoms with E-state index in [1.807, 2.05) is 0 Å². The summed E-state index contributed by atoms with van der Waals surface area (Å²) in [6, 6.07) is 16.5. The number of carbonyl (C=O) groups excluding carboxylic acids is 2. The lowest BCUT2D eigenvalue weighted by Gasteiger charge is -2.24. The number of hydrogen-bond donors (Lipinski definition) is 0. The summed E-state index contributed by atoms with van der Waals surface area (Å²) in [7, 11) is 1.27. The quantitative estimate of drug-likeness (QED) is 0.251. The second kappa shape index (κ2) is 11.2. The van der Waals surface area contributed by atoms with Crippen LogP contribution in [-0.4, -0.2) is 49.0 Å². The zero-order valence-electron chi connectivity index (χ0n) is 15.0. The Kier molecular flexibility index (Phi) is 8.61. The Labute approximate surface area is 170 Å². The fourth-order valence-corrected chi connectivity index (χ4v) is 2.75. The van der Waals surface area contributed by atoms with Crippen molar-refractivity contribution in [3.8, 4) is 0 Å². The largest absolute Gasteiger partial charge is 0.461 e. The van der Waals surface area contributed by atoms with Crippen molar-refractivity contribution in [1.29, 1.82) is 0 Å². The summed E-state index contributed by atoms with van der Waals surface area (Å²) in [4.78, 5) is 28.0. The molecule has 0 spiro atoms. The minimum atomic E-state index is -1.78. The molecule has 0 N–H and O–H groups in total. The standard InChI is InChI=1S/C20H19BrFNO5/c1-26-23-12-17(22)18(28-20(25)15-10-6-3-7-11-15)16(21)13-27-19(24)14-8-4-2-5-9-14/h2-12,16-18H,13H2,1H3/t16-,17-,18-/m1/s1. The first kappa shape index (κ1) is 21.6. The number of oxime groups is 1. The lowest BCUT2D eigenvalue weighted by Crippen LogP contribution is -2.39. The van der Waals surface area contributed by atoms with Gasteiger partial charge in [-0.3, -0.25) is 0 Å². The Morgan fingerprint density at radius 3 is 2.11 bits per heavy atom. The Bertz CT molecular complexity index is 788. The monoisotopic (exact) mass is 451 g/mol. The van der Waals surface area contributed by atoms with E-state index in [1.54, 1.807) is 60.7 Å². The Hall–Kier alpha value is -2.74. The Morgan fingerprint density at radius 2 is 1.57 bits per heavy atom. The molecule has 2 aromatic carbocycles. The van der Waals surface area contributed by atoms with Gasteiger partial charge in [0.05, 0.1) is 22.2 Å². The predicted octanol–water partition coefficient (Wildman–Crippen LogP) is 3.80. The van der Waals surface area contributed by atoms with Crippen LogP contribution in [0.15, 0.2) is 65.8 Å². The van der Waals surface area contributed by atoms with Gasteiger partial charge in [-0.2, -0.15) is 0 Å². The number of halogens is 2. The Balaban J connectivity index is 2.05. The summed E-state index contributed by atoms with van der Waals surface area (Å²) in [5.74, 6) is -1.28. The van der Waals surface area contributed by atoms with Crippen LogP contribution < -0.4 is 0 Å². The summed E-state index contributed by atoms with van der Waals surface area (Å²) in [5.41, 5.74) is 0.627. The van der Waals surface area contributed by atoms with E-state index in [1.165, 1.54) is 7.11 Å². The summed E-state index contributed by atoms with van der Waals surface area (Å²) in [6.07, 6.45) is -2.21. The fraction of sp³-hybridized carbons (Fsp3) is 0.250. The van der Waals surface area contributed by atoms with Crippen LogP contribution in [0.3, 0.4) is 0 Å². The molecule has 0 saturated carbocycles. The molecule has 0 bridgehead atoms. The molecule has 0 aliphatic heterocycles. The average Bonchev–Trinajstić information content (AvgIpc) is 2.74. The molecule has 0 saturated heterocycles. The first-order valence-corrected chi connectivity index (χ1v) is 9.27. The van der Waals surface area contributed by atoms with Crippen LogP contribution in [0, 0.1) is 0 Å². The molecule has 0 radical (unpaired) electrons. The molecule has 8 heteroatoms. The van der Waals surface area contributed by atoms with Crippen molar-refractivity contribution >= 4 is 34.1 Å². The van der Waals surface area contributed by atoms with Crippen LogP contribution in [-0.2, 0) is 14.3 Å². The highest BCUT2D eigenvalue weighted by molar-refractivity contribution is 9.09. The van der Waals surface area contributed by atoms with Crippen molar-refractivity contribution < 1.29 is 28.3 Å². The van der Waals surface area contributed by atoms with Crippen molar-refractivity contribution in [1.82, 2.24) is 0 Å². The molecule has 0 heterocycles. The number of hydrogen-bond acceptors (Lipinski definition) is 6. The van der Waals surface area contributed by atoms with Gasteiger partial charge in [-0.05, 0) is 24.3 Å². The molecule has 6 nitrogen and oxygen atoms in total. The van der Waals surface area contributed by atoms with Crippen molar-refractivity contribution in [3.63, 3.8) is 0 Å². The highest BCUT2D eigenvalue weighted by Crippen LogP contribution is 2.19. The molecule has 3 atom stereocenters. The maximum absolute atomic E-state index is 14.6. The molecule has 0 aromatic heterocycles. The van der Waals surface area contributed by atoms with Gasteiger partial charge in [0.15, 0.2) is 12.3 Å². The maximum Gasteiger partial charge on any atom is 0.338 e. The maximum atomic E-state index is 14.6. The van der Waals surface area contributed by atoms with Gasteiger partial charge in [-0.25, -0.2) is 14.0 Å². The second-order valence-corrected chi connectivity index (χ2v) is 6.77. The Morgan fingerprint density at radius 1 is 1.04 bits per heavy atom. The molecule has 2 aromatic rings. The summed E-state index contributed by atoms with van der Waals surface area (Å²) >= 11 is 3.24. The zero-order valence-corrected chi connectivity index (χ0v) is 16.6. The third kappa shape index (κ3) is 6.45. The topological polar surface area (TPSA) is 74.2 Å². The molecule has 2 rings (SSSR count). The second-order valence-electron chi connectivity index (χ2n) is 5.60. The van der Waals surface area contributed by atoms with Crippen LogP contribution in [0.2, 0.25) is 0 Å². The van der Waals surface area contributed by atoms with Crippen molar-refractivity contribution in [2.75, 3.05) is 13.7 Å². The number of nitrogens with zero attached hydrogens (tertiary/aromatic N) is 1. The smallest absolute Gasteiger partial charge is 0.338 e. The first-order chi connectivity index (χ1) is 13.5. The van der Waals surface area contributed by atoms with E-state index in [4.69, 9.17) is 9.47 Å². The summed E-state index contributed by atoms with van der Waals surface area (Å²) in [6.45, 7) is -0.221. The van der Waals surface area contributed by atoms with E-state index < -0.39 is 29.0 Å². The fourth-order valence-electron chi connectivity index (χ4n) is 2.22. The van der Waals surface area contributed by atoms with E-state index in [-0.39, 0.29) is 12.2 Å². The van der Waals surface area contributed by atoms with Crippen molar-refractivity contribution in [3.05, 3.63) is 71.8 Å². The molecule has 0 aliphatic rings. The lowest BCUT2D eigenvalue weighted by molar-refractivity contribution is 0.00846. The van der Waals surface area contributed by atoms with Crippen LogP contribution in [0.1, 0.15) is 20.7 Å². The number of rotatable bonds is 9. The molecule has 0 amide bonds. The molecule has 0 unspecified atom stereocenters. The molecule has 28 heavy (non-hydrogen) atoms. The molecular weight excluding hydrogens is 433 g/mol. The van der Waals surface area contributed by atoms with E-state index in [0.717, 1.165) is 6.21 Å². The number of alkyl halides is 2. The van der Waals surface area contributed by atoms with Gasteiger partial charge in [0.1, 0.15) is 13.7 Å². The molecule has 0 aliphatic carbocycles. The molecular formula is C20H19BrFNO5. The van der Waals surface area contributed by atoms with Gasteiger partial charge >= 0.3 is 11.9 Å². The highest BCUT2D eigenvalue weighted by Gasteiger charge is 2.32. The van der Waals surface area contributed by atoms with E-state index in [9.17, 15) is 14.0 Å². The minimum absolute atomic E-state index is 0.221. The summed E-state index contributed by atoms with van der Waals surface area (Å²) < 4.78 is 25.0. The van der Waals surface area contributed by atoms with Crippen LogP contribution in [0.5, 0.6) is 0 Å². The molecule has 148 valence electrons. The van der Waals surface area contributed by atoms with Gasteiger partial charge in [0, 0.05) is 0 Å². The molecule has 0 fully saturated rings. The highest BCUT2D eigenvalue weighted by atomic mass is 79.9. The van der Waals surface area contributed by atoms with Crippen LogP contribution in [0.4, 0.5) is 4.39 Å². The number of ether oxygens (including phenoxy) is 2. The zero-order chi connectivity index (χ0) is 20.4. The van der Waals surface area contributed by atoms with Crippen molar-refractivity contribution in [2.24, 2.45) is 5.16 Å². The van der Waals surface area contributed by atoms with Gasteiger partial charge in [-0.15, -0.1) is 0 Å². The van der Waals surface area contributed by atoms with Crippen LogP contribution >= 0.6 is 15.9 Å². The van der Waals surface area contributed by atoms with E-state index >= 15 is 0 Å². The van der Waals surface area contributed by atoms with Gasteiger partial charge in [0.2, 0.25) is 0 Å². The van der Waals surface area contributed by atoms with Gasteiger partial charge < -0.3 is 14.3 Å². The van der Waals surface area contributed by atoms with E-state index in [2.05, 4.69) is 25.9 Å². The lowest BCUT2D eigenvalue weighted by atomic mass is 10.1. The predicted molar refractivity (Wildman–Crippen MR) is 105 cm³/mol.